The highest BCUT2D eigenvalue weighted by atomic mass is 16.4. The number of piperidine rings is 1. The zero-order chi connectivity index (χ0) is 15.0. The molecule has 3 rings (SSSR count). The minimum absolute atomic E-state index is 0.00595. The zero-order valence-corrected chi connectivity index (χ0v) is 11.3. The highest BCUT2D eigenvalue weighted by molar-refractivity contribution is 6.00. The van der Waals surface area contributed by atoms with Crippen molar-refractivity contribution in [3.63, 3.8) is 0 Å². The molecule has 1 saturated heterocycles. The smallest absolute Gasteiger partial charge is 0.337 e. The number of aromatic nitrogens is 2. The van der Waals surface area contributed by atoms with Gasteiger partial charge in [-0.1, -0.05) is 6.07 Å². The number of carbonyl (C=O) groups is 1. The molecule has 1 aliphatic heterocycles. The molecule has 0 saturated carbocycles. The summed E-state index contributed by atoms with van der Waals surface area (Å²) >= 11 is 0. The lowest BCUT2D eigenvalue weighted by atomic mass is 10.1. The number of nitrogens with one attached hydrogen (secondary N) is 1. The third kappa shape index (κ3) is 2.20. The summed E-state index contributed by atoms with van der Waals surface area (Å²) in [5.74, 6) is -1.13. The molecule has 0 bridgehead atoms. The van der Waals surface area contributed by atoms with E-state index in [0.29, 0.717) is 18.6 Å². The first kappa shape index (κ1) is 13.4. The molecule has 0 spiro atoms. The Kier molecular flexibility index (Phi) is 3.25. The average molecular weight is 289 g/mol. The fourth-order valence-electron chi connectivity index (χ4n) is 2.77. The van der Waals surface area contributed by atoms with Crippen LogP contribution >= 0.6 is 0 Å². The Morgan fingerprint density at radius 3 is 2.52 bits per heavy atom. The summed E-state index contributed by atoms with van der Waals surface area (Å²) in [6.45, 7) is 1.26. The molecular weight excluding hydrogens is 274 g/mol. The van der Waals surface area contributed by atoms with Gasteiger partial charge in [0.05, 0.1) is 11.1 Å². The second kappa shape index (κ2) is 5.08. The van der Waals surface area contributed by atoms with Crippen LogP contribution in [0.5, 0.6) is 0 Å². The number of benzene rings is 1. The largest absolute Gasteiger partial charge is 0.478 e. The van der Waals surface area contributed by atoms with E-state index in [1.807, 2.05) is 0 Å². The van der Waals surface area contributed by atoms with Crippen LogP contribution < -0.4 is 16.1 Å². The quantitative estimate of drug-likeness (QED) is 0.785. The van der Waals surface area contributed by atoms with Gasteiger partial charge in [0.1, 0.15) is 5.52 Å². The van der Waals surface area contributed by atoms with Crippen molar-refractivity contribution in [1.82, 2.24) is 9.66 Å². The maximum absolute atomic E-state index is 12.2. The fraction of sp³-hybridized carbons (Fsp3) is 0.357. The fourth-order valence-corrected chi connectivity index (χ4v) is 2.77. The van der Waals surface area contributed by atoms with Crippen LogP contribution in [-0.2, 0) is 0 Å². The Morgan fingerprint density at radius 1 is 1.14 bits per heavy atom. The molecule has 1 aromatic carbocycles. The molecule has 1 fully saturated rings. The average Bonchev–Trinajstić information content (AvgIpc) is 2.48. The number of rotatable bonds is 2. The molecule has 0 atom stereocenters. The van der Waals surface area contributed by atoms with Crippen molar-refractivity contribution < 1.29 is 9.90 Å². The molecule has 2 aromatic rings. The van der Waals surface area contributed by atoms with Gasteiger partial charge in [0.25, 0.3) is 0 Å². The summed E-state index contributed by atoms with van der Waals surface area (Å²) in [7, 11) is 0. The maximum Gasteiger partial charge on any atom is 0.337 e. The second-order valence-electron chi connectivity index (χ2n) is 5.09. The molecule has 0 unspecified atom stereocenters. The first-order chi connectivity index (χ1) is 10.1. The SMILES string of the molecule is O=C(O)c1cccc2[nH]c(=O)c(=O)n(N3CCCCC3)c12. The predicted octanol–water partition coefficient (Wildman–Crippen LogP) is 0.510. The van der Waals surface area contributed by atoms with E-state index < -0.39 is 17.1 Å². The van der Waals surface area contributed by atoms with Gasteiger partial charge in [-0.05, 0) is 31.4 Å². The Morgan fingerprint density at radius 2 is 1.86 bits per heavy atom. The van der Waals surface area contributed by atoms with Gasteiger partial charge in [0, 0.05) is 13.1 Å². The van der Waals surface area contributed by atoms with Crippen molar-refractivity contribution in [3.05, 3.63) is 44.5 Å². The van der Waals surface area contributed by atoms with Crippen molar-refractivity contribution in [2.24, 2.45) is 0 Å². The number of nitrogens with zero attached hydrogens (tertiary/aromatic N) is 2. The van der Waals surface area contributed by atoms with Crippen LogP contribution in [0, 0.1) is 0 Å². The van der Waals surface area contributed by atoms with Crippen molar-refractivity contribution in [3.8, 4) is 0 Å². The molecule has 0 radical (unpaired) electrons. The summed E-state index contributed by atoms with van der Waals surface area (Å²) in [5.41, 5.74) is -0.873. The highest BCUT2D eigenvalue weighted by Gasteiger charge is 2.20. The number of H-pyrrole nitrogens is 1. The highest BCUT2D eigenvalue weighted by Crippen LogP contribution is 2.17. The summed E-state index contributed by atoms with van der Waals surface area (Å²) in [4.78, 5) is 37.9. The molecule has 1 aromatic heterocycles. The van der Waals surface area contributed by atoms with E-state index in [1.165, 1.54) is 10.7 Å². The van der Waals surface area contributed by atoms with Crippen molar-refractivity contribution in [1.29, 1.82) is 0 Å². The lowest BCUT2D eigenvalue weighted by molar-refractivity contribution is 0.0698. The molecule has 21 heavy (non-hydrogen) atoms. The summed E-state index contributed by atoms with van der Waals surface area (Å²) in [5, 5.41) is 11.1. The molecule has 7 nitrogen and oxygen atoms in total. The number of aromatic carboxylic acids is 1. The Hall–Kier alpha value is -2.57. The zero-order valence-electron chi connectivity index (χ0n) is 11.3. The standard InChI is InChI=1S/C14H15N3O4/c18-12-13(19)17(16-7-2-1-3-8-16)11-9(14(20)21)5-4-6-10(11)15-12/h4-6H,1-3,7-8H2,(H,15,18)(H,20,21). The van der Waals surface area contributed by atoms with E-state index in [2.05, 4.69) is 4.98 Å². The number of fused-ring (bicyclic) bond motifs is 1. The summed E-state index contributed by atoms with van der Waals surface area (Å²) in [6, 6.07) is 4.58. The topological polar surface area (TPSA) is 95.4 Å². The van der Waals surface area contributed by atoms with Crippen LogP contribution in [-0.4, -0.2) is 33.8 Å². The Bertz CT molecular complexity index is 815. The van der Waals surface area contributed by atoms with Crippen LogP contribution in [0.1, 0.15) is 29.6 Å². The van der Waals surface area contributed by atoms with Crippen LogP contribution in [0.25, 0.3) is 11.0 Å². The van der Waals surface area contributed by atoms with Gasteiger partial charge in [0.15, 0.2) is 0 Å². The van der Waals surface area contributed by atoms with Crippen molar-refractivity contribution in [2.45, 2.75) is 19.3 Å². The van der Waals surface area contributed by atoms with Gasteiger partial charge in [-0.3, -0.25) is 9.59 Å². The molecule has 0 aliphatic carbocycles. The Balaban J connectivity index is 2.38. The molecular formula is C14H15N3O4. The normalized spacial score (nSPS) is 15.3. The second-order valence-corrected chi connectivity index (χ2v) is 5.09. The number of hydrogen-bond acceptors (Lipinski definition) is 4. The molecule has 110 valence electrons. The molecule has 0 amide bonds. The first-order valence-corrected chi connectivity index (χ1v) is 6.86. The number of hydrogen-bond donors (Lipinski definition) is 2. The van der Waals surface area contributed by atoms with Gasteiger partial charge in [0.2, 0.25) is 0 Å². The van der Waals surface area contributed by atoms with Crippen LogP contribution in [0.4, 0.5) is 0 Å². The van der Waals surface area contributed by atoms with E-state index >= 15 is 0 Å². The van der Waals surface area contributed by atoms with Gasteiger partial charge in [-0.2, -0.15) is 0 Å². The van der Waals surface area contributed by atoms with Gasteiger partial charge >= 0.3 is 17.1 Å². The van der Waals surface area contributed by atoms with Crippen LogP contribution in [0.2, 0.25) is 0 Å². The number of aromatic amines is 1. The third-order valence-electron chi connectivity index (χ3n) is 3.73. The third-order valence-corrected chi connectivity index (χ3v) is 3.73. The van der Waals surface area contributed by atoms with Crippen LogP contribution in [0.15, 0.2) is 27.8 Å². The van der Waals surface area contributed by atoms with E-state index in [0.717, 1.165) is 19.3 Å². The van der Waals surface area contributed by atoms with E-state index in [-0.39, 0.29) is 11.1 Å². The van der Waals surface area contributed by atoms with Gasteiger partial charge in [-0.15, -0.1) is 0 Å². The molecule has 7 heteroatoms. The monoisotopic (exact) mass is 289 g/mol. The van der Waals surface area contributed by atoms with Crippen molar-refractivity contribution >= 4 is 17.0 Å². The number of carboxylic acids is 1. The maximum atomic E-state index is 12.2. The Labute approximate surface area is 119 Å². The van der Waals surface area contributed by atoms with E-state index in [4.69, 9.17) is 0 Å². The molecule has 2 heterocycles. The summed E-state index contributed by atoms with van der Waals surface area (Å²) < 4.78 is 1.23. The van der Waals surface area contributed by atoms with Gasteiger partial charge in [-0.25, -0.2) is 9.47 Å². The first-order valence-electron chi connectivity index (χ1n) is 6.86. The lowest BCUT2D eigenvalue weighted by Crippen LogP contribution is -2.50. The van der Waals surface area contributed by atoms with Crippen molar-refractivity contribution in [2.75, 3.05) is 18.1 Å². The van der Waals surface area contributed by atoms with Crippen LogP contribution in [0.3, 0.4) is 0 Å². The molecule has 1 aliphatic rings. The van der Waals surface area contributed by atoms with Gasteiger partial charge < -0.3 is 15.1 Å². The number of carboxylic acid groups (broad SMARTS) is 1. The van der Waals surface area contributed by atoms with E-state index in [1.54, 1.807) is 17.1 Å². The minimum atomic E-state index is -1.13. The number of para-hydroxylation sites is 1. The van der Waals surface area contributed by atoms with E-state index in [9.17, 15) is 19.5 Å². The minimum Gasteiger partial charge on any atom is -0.478 e. The molecule has 2 N–H and O–H groups in total. The lowest BCUT2D eigenvalue weighted by Gasteiger charge is -2.31. The summed E-state index contributed by atoms with van der Waals surface area (Å²) in [6.07, 6.45) is 2.89. The predicted molar refractivity (Wildman–Crippen MR) is 77.6 cm³/mol.